The summed E-state index contributed by atoms with van der Waals surface area (Å²) in [4.78, 5) is 9.24. The van der Waals surface area contributed by atoms with E-state index >= 15 is 0 Å². The summed E-state index contributed by atoms with van der Waals surface area (Å²) in [5, 5.41) is 4.72. The van der Waals surface area contributed by atoms with Gasteiger partial charge in [-0.25, -0.2) is 0 Å². The molecule has 8 rings (SSSR count). The van der Waals surface area contributed by atoms with Crippen molar-refractivity contribution in [3.05, 3.63) is 140 Å². The molecule has 0 bridgehead atoms. The first-order chi connectivity index (χ1) is 15.9. The molecular weight excluding hydrogens is 480 g/mol. The van der Waals surface area contributed by atoms with Crippen LogP contribution in [-0.4, -0.2) is 5.71 Å². The third-order valence-corrected chi connectivity index (χ3v) is 6.21. The van der Waals surface area contributed by atoms with Crippen LogP contribution in [0.2, 0.25) is 0 Å². The van der Waals surface area contributed by atoms with Gasteiger partial charge in [-0.05, 0) is 34.0 Å². The number of rotatable bonds is 0. The van der Waals surface area contributed by atoms with E-state index in [4.69, 9.17) is 0 Å². The molecule has 0 saturated carbocycles. The molecule has 2 nitrogen and oxygen atoms in total. The van der Waals surface area contributed by atoms with E-state index < -0.39 is 0 Å². The van der Waals surface area contributed by atoms with Crippen LogP contribution in [0.1, 0.15) is 16.7 Å². The zero-order chi connectivity index (χ0) is 21.1. The second kappa shape index (κ2) is 7.87. The number of hydrogen-bond acceptors (Lipinski definition) is 2. The third kappa shape index (κ3) is 3.11. The Morgan fingerprint density at radius 2 is 1.48 bits per heavy atom. The van der Waals surface area contributed by atoms with Gasteiger partial charge in [0.2, 0.25) is 0 Å². The molecule has 0 saturated heterocycles. The van der Waals surface area contributed by atoms with Gasteiger partial charge < -0.3 is 9.98 Å². The van der Waals surface area contributed by atoms with E-state index in [1.54, 1.807) is 0 Å². The Bertz CT molecular complexity index is 1640. The fraction of sp³-hybridized carbons (Fsp3) is 0. The van der Waals surface area contributed by atoms with Crippen molar-refractivity contribution in [1.82, 2.24) is 0 Å². The molecule has 0 radical (unpaired) electrons. The minimum Gasteiger partial charge on any atom is -0.307 e. The molecule has 2 aliphatic carbocycles. The first kappa shape index (κ1) is 20.2. The SMILES string of the molecule is [Zr+2].[c-]1cccc2c1=C1C(=Cc3ccccc31)N=2.[c-]1cccc2c1C1=c3ccccc3=CC1=N2. The van der Waals surface area contributed by atoms with Crippen LogP contribution >= 0.6 is 0 Å². The Hall–Kier alpha value is -3.42. The topological polar surface area (TPSA) is 24.7 Å². The van der Waals surface area contributed by atoms with Gasteiger partial charge in [0.15, 0.2) is 0 Å². The van der Waals surface area contributed by atoms with Gasteiger partial charge in [-0.15, -0.1) is 59.3 Å². The van der Waals surface area contributed by atoms with Crippen molar-refractivity contribution >= 4 is 34.7 Å². The van der Waals surface area contributed by atoms with E-state index in [1.165, 1.54) is 32.7 Å². The molecule has 0 atom stereocenters. The van der Waals surface area contributed by atoms with E-state index in [0.29, 0.717) is 0 Å². The molecule has 4 aromatic rings. The summed E-state index contributed by atoms with van der Waals surface area (Å²) in [6.07, 6.45) is 4.30. The molecule has 3 heteroatoms. The summed E-state index contributed by atoms with van der Waals surface area (Å²) in [6.45, 7) is 0. The van der Waals surface area contributed by atoms with E-state index in [0.717, 1.165) is 33.2 Å². The molecule has 150 valence electrons. The Labute approximate surface area is 210 Å². The van der Waals surface area contributed by atoms with Crippen molar-refractivity contribution in [1.29, 1.82) is 0 Å². The van der Waals surface area contributed by atoms with Crippen LogP contribution in [0, 0.1) is 12.1 Å². The maximum absolute atomic E-state index is 4.62. The van der Waals surface area contributed by atoms with Gasteiger partial charge in [0, 0.05) is 11.4 Å². The average Bonchev–Trinajstić information content (AvgIpc) is 3.56. The predicted octanol–water partition coefficient (Wildman–Crippen LogP) is 3.24. The Balaban J connectivity index is 0.000000121. The Morgan fingerprint density at radius 1 is 0.667 bits per heavy atom. The Morgan fingerprint density at radius 3 is 2.45 bits per heavy atom. The Kier molecular flexibility index (Phi) is 4.82. The van der Waals surface area contributed by atoms with E-state index in [9.17, 15) is 0 Å². The second-order valence-corrected chi connectivity index (χ2v) is 8.07. The van der Waals surface area contributed by atoms with E-state index in [1.807, 2.05) is 36.4 Å². The molecule has 2 aliphatic heterocycles. The minimum absolute atomic E-state index is 0. The van der Waals surface area contributed by atoms with Crippen molar-refractivity contribution in [2.45, 2.75) is 0 Å². The molecule has 4 aromatic carbocycles. The van der Waals surface area contributed by atoms with E-state index in [2.05, 4.69) is 82.8 Å². The van der Waals surface area contributed by atoms with Crippen molar-refractivity contribution in [2.75, 3.05) is 0 Å². The zero-order valence-electron chi connectivity index (χ0n) is 17.6. The summed E-state index contributed by atoms with van der Waals surface area (Å²) in [7, 11) is 0. The third-order valence-electron chi connectivity index (χ3n) is 6.21. The monoisotopic (exact) mass is 494 g/mol. The molecule has 33 heavy (non-hydrogen) atoms. The largest absolute Gasteiger partial charge is 2.00 e. The quantitative estimate of drug-likeness (QED) is 0.335. The molecule has 0 amide bonds. The van der Waals surface area contributed by atoms with Crippen molar-refractivity contribution in [3.8, 4) is 0 Å². The van der Waals surface area contributed by atoms with Crippen molar-refractivity contribution < 1.29 is 26.2 Å². The van der Waals surface area contributed by atoms with Crippen molar-refractivity contribution in [2.24, 2.45) is 9.98 Å². The number of aliphatic imine (C=N–C) groups is 1. The molecule has 0 aromatic heterocycles. The predicted molar refractivity (Wildman–Crippen MR) is 128 cm³/mol. The number of allylic oxidation sites excluding steroid dienone is 1. The van der Waals surface area contributed by atoms with Crippen LogP contribution in [0.25, 0.3) is 23.3 Å². The molecule has 2 heterocycles. The fourth-order valence-corrected chi connectivity index (χ4v) is 4.82. The van der Waals surface area contributed by atoms with Gasteiger partial charge >= 0.3 is 26.2 Å². The number of hydrogen-bond donors (Lipinski definition) is 0. The first-order valence-corrected chi connectivity index (χ1v) is 10.7. The molecular formula is C30H16N2Zr. The normalized spacial score (nSPS) is 14.5. The number of nitrogens with zero attached hydrogens (tertiary/aromatic N) is 2. The standard InChI is InChI=1S/2C15H8N.Zr/c2*1-2-6-11-10(5-1)9-14-15(11)12-7-3-4-8-13(12)16-14;/h2*1-6,8-9H;/q2*-1;+2. The average molecular weight is 496 g/mol. The second-order valence-electron chi connectivity index (χ2n) is 8.07. The van der Waals surface area contributed by atoms with E-state index in [-0.39, 0.29) is 26.2 Å². The van der Waals surface area contributed by atoms with Crippen LogP contribution in [-0.2, 0) is 26.2 Å². The van der Waals surface area contributed by atoms with Crippen LogP contribution < -0.4 is 21.0 Å². The molecule has 0 unspecified atom stereocenters. The van der Waals surface area contributed by atoms with Gasteiger partial charge in [0.25, 0.3) is 0 Å². The van der Waals surface area contributed by atoms with Gasteiger partial charge in [-0.2, -0.15) is 0 Å². The number of benzene rings is 4. The maximum Gasteiger partial charge on any atom is 2.00 e. The van der Waals surface area contributed by atoms with Gasteiger partial charge in [-0.1, -0.05) is 70.5 Å². The van der Waals surface area contributed by atoms with Crippen LogP contribution in [0.15, 0.2) is 101 Å². The first-order valence-electron chi connectivity index (χ1n) is 10.7. The summed E-state index contributed by atoms with van der Waals surface area (Å²) in [6, 6.07) is 35.4. The fourth-order valence-electron chi connectivity index (χ4n) is 4.82. The van der Waals surface area contributed by atoms with Crippen LogP contribution in [0.3, 0.4) is 0 Å². The molecule has 0 fully saturated rings. The van der Waals surface area contributed by atoms with Crippen LogP contribution in [0.4, 0.5) is 5.69 Å². The van der Waals surface area contributed by atoms with Crippen molar-refractivity contribution in [3.63, 3.8) is 0 Å². The smallest absolute Gasteiger partial charge is 0.307 e. The van der Waals surface area contributed by atoms with Crippen LogP contribution in [0.5, 0.6) is 0 Å². The van der Waals surface area contributed by atoms with Gasteiger partial charge in [-0.3, -0.25) is 0 Å². The molecule has 4 aliphatic rings. The molecule has 0 N–H and O–H groups in total. The summed E-state index contributed by atoms with van der Waals surface area (Å²) < 4.78 is 0. The summed E-state index contributed by atoms with van der Waals surface area (Å²) >= 11 is 0. The minimum atomic E-state index is 0. The zero-order valence-corrected chi connectivity index (χ0v) is 20.1. The number of fused-ring (bicyclic) bond motifs is 8. The van der Waals surface area contributed by atoms with Gasteiger partial charge in [0.1, 0.15) is 0 Å². The maximum atomic E-state index is 4.62. The summed E-state index contributed by atoms with van der Waals surface area (Å²) in [5.41, 5.74) is 9.37. The molecule has 0 spiro atoms. The van der Waals surface area contributed by atoms with Gasteiger partial charge in [0.05, 0.1) is 0 Å². The summed E-state index contributed by atoms with van der Waals surface area (Å²) in [5.74, 6) is 0.